The average molecular weight is 727 g/mol. The van der Waals surface area contributed by atoms with E-state index in [1.807, 2.05) is 13.8 Å². The van der Waals surface area contributed by atoms with Crippen molar-refractivity contribution in [3.8, 4) is 0 Å². The first-order valence-corrected chi connectivity index (χ1v) is 16.8. The Hall–Kier alpha value is -4.34. The van der Waals surface area contributed by atoms with Gasteiger partial charge in [-0.05, 0) is 62.3 Å². The molecule has 0 spiro atoms. The molecule has 1 saturated heterocycles. The molecule has 2 aromatic rings. The molecule has 1 aromatic carbocycles. The third kappa shape index (κ3) is 9.32. The highest BCUT2D eigenvalue weighted by Crippen LogP contribution is 2.41. The first-order valence-electron chi connectivity index (χ1n) is 16.8. The first-order chi connectivity index (χ1) is 23.9. The van der Waals surface area contributed by atoms with E-state index in [9.17, 15) is 41.0 Å². The average Bonchev–Trinajstić information content (AvgIpc) is 3.57. The second kappa shape index (κ2) is 15.9. The number of alkyl halides is 6. The van der Waals surface area contributed by atoms with Crippen LogP contribution in [0.25, 0.3) is 5.57 Å². The lowest BCUT2D eigenvalue weighted by Crippen LogP contribution is -2.57. The van der Waals surface area contributed by atoms with E-state index < -0.39 is 65.6 Å². The zero-order chi connectivity index (χ0) is 37.7. The molecule has 280 valence electrons. The van der Waals surface area contributed by atoms with Crippen LogP contribution in [0, 0.1) is 5.41 Å². The SMILES string of the molecule is C=C/C(=C\N(C)N)c1cnc(N(Cc2cc(C(F)(F)F)cc(C(F)(F)F)c2)C2C[C@@H](CC)N(C(=O)OCC3(C(=O)O)CCCC3)[C@@H](CC)C2)nc1. The Morgan fingerprint density at radius 2 is 1.55 bits per heavy atom. The number of nitrogens with two attached hydrogens (primary N) is 1. The molecule has 1 aliphatic carbocycles. The molecule has 1 amide bonds. The van der Waals surface area contributed by atoms with E-state index in [0.29, 0.717) is 49.0 Å². The van der Waals surface area contributed by atoms with Gasteiger partial charge in [-0.3, -0.25) is 4.79 Å². The van der Waals surface area contributed by atoms with Crippen molar-refractivity contribution in [1.82, 2.24) is 19.9 Å². The van der Waals surface area contributed by atoms with Crippen LogP contribution in [0.3, 0.4) is 0 Å². The maximum Gasteiger partial charge on any atom is 0.416 e. The van der Waals surface area contributed by atoms with Gasteiger partial charge in [-0.1, -0.05) is 39.3 Å². The van der Waals surface area contributed by atoms with Crippen LogP contribution >= 0.6 is 0 Å². The predicted octanol–water partition coefficient (Wildman–Crippen LogP) is 7.66. The molecular weight excluding hydrogens is 682 g/mol. The summed E-state index contributed by atoms with van der Waals surface area (Å²) in [5, 5.41) is 11.2. The monoisotopic (exact) mass is 726 g/mol. The molecule has 10 nitrogen and oxygen atoms in total. The third-order valence-corrected chi connectivity index (χ3v) is 9.75. The molecule has 2 heterocycles. The quantitative estimate of drug-likeness (QED) is 0.0982. The highest BCUT2D eigenvalue weighted by Gasteiger charge is 2.45. The Bertz CT molecular complexity index is 1530. The first kappa shape index (κ1) is 39.4. The van der Waals surface area contributed by atoms with Crippen molar-refractivity contribution in [1.29, 1.82) is 0 Å². The van der Waals surface area contributed by atoms with Gasteiger partial charge in [0.2, 0.25) is 5.95 Å². The maximum absolute atomic E-state index is 13.8. The number of piperidine rings is 1. The van der Waals surface area contributed by atoms with Crippen molar-refractivity contribution in [2.24, 2.45) is 11.3 Å². The second-order valence-corrected chi connectivity index (χ2v) is 13.3. The van der Waals surface area contributed by atoms with Gasteiger partial charge in [0.25, 0.3) is 0 Å². The smallest absolute Gasteiger partial charge is 0.416 e. The Kier molecular flexibility index (Phi) is 12.3. The summed E-state index contributed by atoms with van der Waals surface area (Å²) in [5.74, 6) is 4.79. The van der Waals surface area contributed by atoms with Gasteiger partial charge in [0.1, 0.15) is 12.0 Å². The fourth-order valence-electron chi connectivity index (χ4n) is 7.03. The Balaban J connectivity index is 1.72. The molecule has 1 aromatic heterocycles. The van der Waals surface area contributed by atoms with Crippen molar-refractivity contribution in [2.75, 3.05) is 18.6 Å². The summed E-state index contributed by atoms with van der Waals surface area (Å²) in [6.07, 6.45) is -1.06. The fraction of sp³-hybridized carbons (Fsp3) is 0.543. The molecule has 1 aliphatic heterocycles. The molecule has 51 heavy (non-hydrogen) atoms. The van der Waals surface area contributed by atoms with E-state index in [4.69, 9.17) is 10.6 Å². The summed E-state index contributed by atoms with van der Waals surface area (Å²) in [7, 11) is 1.60. The number of anilines is 1. The maximum atomic E-state index is 13.8. The van der Waals surface area contributed by atoms with Gasteiger partial charge in [-0.2, -0.15) is 26.3 Å². The zero-order valence-electron chi connectivity index (χ0n) is 28.8. The van der Waals surface area contributed by atoms with Gasteiger partial charge in [0, 0.05) is 61.4 Å². The van der Waals surface area contributed by atoms with E-state index in [2.05, 4.69) is 16.5 Å². The van der Waals surface area contributed by atoms with Crippen LogP contribution in [-0.2, 0) is 28.4 Å². The number of carboxylic acids is 1. The van der Waals surface area contributed by atoms with Gasteiger partial charge in [-0.15, -0.1) is 0 Å². The lowest BCUT2D eigenvalue weighted by molar-refractivity contribution is -0.151. The van der Waals surface area contributed by atoms with Crippen molar-refractivity contribution >= 4 is 23.6 Å². The number of amides is 1. The van der Waals surface area contributed by atoms with Crippen molar-refractivity contribution in [3.05, 3.63) is 71.7 Å². The Labute approximate surface area is 292 Å². The van der Waals surface area contributed by atoms with Crippen LogP contribution in [0.15, 0.2) is 49.4 Å². The second-order valence-electron chi connectivity index (χ2n) is 13.3. The summed E-state index contributed by atoms with van der Waals surface area (Å²) in [6.45, 7) is 6.81. The number of carbonyl (C=O) groups excluding carboxylic acids is 1. The molecule has 0 radical (unpaired) electrons. The molecule has 2 fully saturated rings. The highest BCUT2D eigenvalue weighted by atomic mass is 19.4. The number of hydrogen-bond donors (Lipinski definition) is 2. The summed E-state index contributed by atoms with van der Waals surface area (Å²) >= 11 is 0. The summed E-state index contributed by atoms with van der Waals surface area (Å²) < 4.78 is 88.6. The molecule has 1 unspecified atom stereocenters. The van der Waals surface area contributed by atoms with E-state index in [-0.39, 0.29) is 37.0 Å². The van der Waals surface area contributed by atoms with Gasteiger partial charge >= 0.3 is 24.4 Å². The fourth-order valence-corrected chi connectivity index (χ4v) is 7.03. The molecule has 3 atom stereocenters. The Morgan fingerprint density at radius 3 is 1.98 bits per heavy atom. The molecule has 3 N–H and O–H groups in total. The van der Waals surface area contributed by atoms with Gasteiger partial charge < -0.3 is 24.7 Å². The standard InChI is InChI=1S/C35H44F6N6O4/c1-5-23(20-45(4)42)24-17-43-31(44-18-24)46(19-22-12-25(34(36,37)38)14-26(13-22)35(39,40)41)29-15-27(6-2)47(28(7-3)16-29)32(50)51-21-33(30(48)49)10-8-9-11-33/h5,12-14,17-18,20,27-29H,1,6-11,15-16,19,21,42H2,2-4H3,(H,48,49)/b23-20+/t27-,28+,29?. The molecule has 2 aliphatic rings. The van der Waals surface area contributed by atoms with Crippen LogP contribution in [0.4, 0.5) is 37.1 Å². The van der Waals surface area contributed by atoms with Crippen LogP contribution in [-0.4, -0.2) is 68.8 Å². The lowest BCUT2D eigenvalue weighted by atomic mass is 9.87. The number of rotatable bonds is 12. The van der Waals surface area contributed by atoms with Crippen molar-refractivity contribution in [2.45, 2.75) is 102 Å². The van der Waals surface area contributed by atoms with Crippen LogP contribution < -0.4 is 10.7 Å². The largest absolute Gasteiger partial charge is 0.481 e. The van der Waals surface area contributed by atoms with E-state index in [1.54, 1.807) is 23.0 Å². The number of benzene rings is 1. The Morgan fingerprint density at radius 1 is 1.02 bits per heavy atom. The third-order valence-electron chi connectivity index (χ3n) is 9.75. The number of allylic oxidation sites excluding steroid dienone is 2. The zero-order valence-corrected chi connectivity index (χ0v) is 28.8. The summed E-state index contributed by atoms with van der Waals surface area (Å²) in [4.78, 5) is 37.8. The molecule has 4 rings (SSSR count). The van der Waals surface area contributed by atoms with E-state index in [1.165, 1.54) is 23.5 Å². The number of aromatic nitrogens is 2. The van der Waals surface area contributed by atoms with Crippen molar-refractivity contribution < 1.29 is 45.8 Å². The molecule has 0 bridgehead atoms. The number of carboxylic acid groups (broad SMARTS) is 1. The molecule has 1 saturated carbocycles. The minimum Gasteiger partial charge on any atom is -0.481 e. The lowest BCUT2D eigenvalue weighted by Gasteiger charge is -2.47. The summed E-state index contributed by atoms with van der Waals surface area (Å²) in [6, 6.07) is 0.0400. The number of likely N-dealkylation sites (tertiary alicyclic amines) is 1. The minimum atomic E-state index is -5.04. The van der Waals surface area contributed by atoms with E-state index >= 15 is 0 Å². The van der Waals surface area contributed by atoms with Crippen LogP contribution in [0.1, 0.15) is 87.5 Å². The van der Waals surface area contributed by atoms with Gasteiger partial charge in [-0.25, -0.2) is 20.6 Å². The van der Waals surface area contributed by atoms with Crippen LogP contribution in [0.2, 0.25) is 0 Å². The highest BCUT2D eigenvalue weighted by molar-refractivity contribution is 5.76. The predicted molar refractivity (Wildman–Crippen MR) is 178 cm³/mol. The number of aliphatic carboxylic acids is 1. The van der Waals surface area contributed by atoms with E-state index in [0.717, 1.165) is 12.8 Å². The number of halogens is 6. The van der Waals surface area contributed by atoms with Gasteiger partial charge in [0.05, 0.1) is 11.1 Å². The van der Waals surface area contributed by atoms with Gasteiger partial charge in [0.15, 0.2) is 0 Å². The number of hydrazine groups is 1. The molecule has 16 heteroatoms. The van der Waals surface area contributed by atoms with Crippen LogP contribution in [0.5, 0.6) is 0 Å². The normalized spacial score (nSPS) is 20.9. The summed E-state index contributed by atoms with van der Waals surface area (Å²) in [5.41, 5.74) is -3.19. The van der Waals surface area contributed by atoms with Crippen molar-refractivity contribution in [3.63, 3.8) is 0 Å². The topological polar surface area (TPSA) is 125 Å². The number of hydrogen-bond acceptors (Lipinski definition) is 8. The molecular formula is C35H44F6N6O4. The minimum absolute atomic E-state index is 0.0598. The number of ether oxygens (including phenoxy) is 1. The number of nitrogens with zero attached hydrogens (tertiary/aromatic N) is 5. The number of carbonyl (C=O) groups is 2.